The fourth-order valence-corrected chi connectivity index (χ4v) is 1.30. The van der Waals surface area contributed by atoms with Crippen LogP contribution in [0.3, 0.4) is 0 Å². The van der Waals surface area contributed by atoms with E-state index in [4.69, 9.17) is 5.26 Å². The number of rotatable bonds is 4. The van der Waals surface area contributed by atoms with E-state index in [9.17, 15) is 4.79 Å². The van der Waals surface area contributed by atoms with Crippen molar-refractivity contribution in [2.24, 2.45) is 0 Å². The van der Waals surface area contributed by atoms with Crippen molar-refractivity contribution >= 4 is 11.5 Å². The number of nitrogens with one attached hydrogen (secondary N) is 1. The third-order valence-electron chi connectivity index (χ3n) is 2.08. The summed E-state index contributed by atoms with van der Waals surface area (Å²) >= 11 is 0. The number of carbonyl (C=O) groups is 1. The van der Waals surface area contributed by atoms with Crippen molar-refractivity contribution < 1.29 is 4.79 Å². The molecule has 0 aliphatic heterocycles. The summed E-state index contributed by atoms with van der Waals surface area (Å²) in [5.41, 5.74) is 1.56. The van der Waals surface area contributed by atoms with Crippen LogP contribution >= 0.6 is 0 Å². The van der Waals surface area contributed by atoms with Gasteiger partial charge in [0.2, 0.25) is 0 Å². The topological polar surface area (TPSA) is 52.9 Å². The Morgan fingerprint density at radius 2 is 2.33 bits per heavy atom. The number of benzene rings is 1. The predicted octanol–water partition coefficient (Wildman–Crippen LogP) is 2.60. The highest BCUT2D eigenvalue weighted by molar-refractivity contribution is 5.94. The lowest BCUT2D eigenvalue weighted by Gasteiger charge is -2.12. The number of nitriles is 1. The first-order valence-electron chi connectivity index (χ1n) is 4.88. The zero-order chi connectivity index (χ0) is 11.3. The van der Waals surface area contributed by atoms with Crippen molar-refractivity contribution in [3.05, 3.63) is 29.8 Å². The summed E-state index contributed by atoms with van der Waals surface area (Å²) < 4.78 is 0. The maximum atomic E-state index is 11.1. The van der Waals surface area contributed by atoms with Gasteiger partial charge < -0.3 is 5.32 Å². The van der Waals surface area contributed by atoms with Crippen molar-refractivity contribution in [2.75, 3.05) is 5.32 Å². The molecule has 3 heteroatoms. The quantitative estimate of drug-likeness (QED) is 0.763. The summed E-state index contributed by atoms with van der Waals surface area (Å²) in [4.78, 5) is 11.1. The molecule has 1 atom stereocenters. The first-order chi connectivity index (χ1) is 7.13. The van der Waals surface area contributed by atoms with Gasteiger partial charge in [-0.2, -0.15) is 5.26 Å². The largest absolute Gasteiger partial charge is 0.382 e. The van der Waals surface area contributed by atoms with Gasteiger partial charge in [-0.1, -0.05) is 12.1 Å². The monoisotopic (exact) mass is 202 g/mol. The van der Waals surface area contributed by atoms with E-state index in [1.807, 2.05) is 19.1 Å². The molecular weight excluding hydrogens is 188 g/mol. The number of hydrogen-bond donors (Lipinski definition) is 1. The van der Waals surface area contributed by atoms with Crippen LogP contribution in [0.5, 0.6) is 0 Å². The Labute approximate surface area is 89.7 Å². The van der Waals surface area contributed by atoms with E-state index in [0.29, 0.717) is 12.0 Å². The zero-order valence-corrected chi connectivity index (χ0v) is 8.95. The van der Waals surface area contributed by atoms with Gasteiger partial charge in [-0.25, -0.2) is 0 Å². The van der Waals surface area contributed by atoms with Crippen molar-refractivity contribution in [2.45, 2.75) is 26.3 Å². The number of nitrogens with zero attached hydrogens (tertiary/aromatic N) is 1. The van der Waals surface area contributed by atoms with Crippen molar-refractivity contribution in [1.82, 2.24) is 0 Å². The van der Waals surface area contributed by atoms with E-state index < -0.39 is 0 Å². The lowest BCUT2D eigenvalue weighted by molar-refractivity contribution is 0.101. The van der Waals surface area contributed by atoms with Gasteiger partial charge in [0.05, 0.1) is 12.5 Å². The van der Waals surface area contributed by atoms with Crippen LogP contribution in [0.2, 0.25) is 0 Å². The van der Waals surface area contributed by atoms with Gasteiger partial charge in [-0.15, -0.1) is 0 Å². The highest BCUT2D eigenvalue weighted by Gasteiger charge is 2.03. The van der Waals surface area contributed by atoms with E-state index in [0.717, 1.165) is 5.69 Å². The van der Waals surface area contributed by atoms with Crippen molar-refractivity contribution in [1.29, 1.82) is 5.26 Å². The van der Waals surface area contributed by atoms with E-state index in [2.05, 4.69) is 11.4 Å². The maximum Gasteiger partial charge on any atom is 0.159 e. The smallest absolute Gasteiger partial charge is 0.159 e. The minimum absolute atomic E-state index is 0.0478. The molecule has 1 N–H and O–H groups in total. The Morgan fingerprint density at radius 1 is 1.60 bits per heavy atom. The van der Waals surface area contributed by atoms with Gasteiger partial charge in [0.1, 0.15) is 0 Å². The lowest BCUT2D eigenvalue weighted by atomic mass is 10.1. The highest BCUT2D eigenvalue weighted by Crippen LogP contribution is 2.12. The van der Waals surface area contributed by atoms with E-state index >= 15 is 0 Å². The normalized spacial score (nSPS) is 11.5. The van der Waals surface area contributed by atoms with Gasteiger partial charge in [-0.3, -0.25) is 4.79 Å². The summed E-state index contributed by atoms with van der Waals surface area (Å²) in [5.74, 6) is 0.0478. The molecule has 0 aliphatic carbocycles. The van der Waals surface area contributed by atoms with Crippen molar-refractivity contribution in [3.63, 3.8) is 0 Å². The number of ketones is 1. The van der Waals surface area contributed by atoms with Crippen LogP contribution in [0, 0.1) is 11.3 Å². The molecule has 0 spiro atoms. The second kappa shape index (κ2) is 5.16. The molecule has 15 heavy (non-hydrogen) atoms. The molecule has 1 aromatic rings. The molecule has 3 nitrogen and oxygen atoms in total. The molecule has 0 saturated carbocycles. The Bertz CT molecular complexity index is 393. The van der Waals surface area contributed by atoms with Gasteiger partial charge >= 0.3 is 0 Å². The Hall–Kier alpha value is -1.82. The molecule has 0 aliphatic rings. The Balaban J connectivity index is 2.74. The number of hydrogen-bond acceptors (Lipinski definition) is 3. The minimum atomic E-state index is 0.0478. The SMILES string of the molecule is CC(=O)c1cccc(NC(C)CC#N)c1. The molecule has 78 valence electrons. The van der Waals surface area contributed by atoms with Crippen molar-refractivity contribution in [3.8, 4) is 6.07 Å². The third kappa shape index (κ3) is 3.43. The Kier molecular flexibility index (Phi) is 3.87. The van der Waals surface area contributed by atoms with Crippen LogP contribution in [0.4, 0.5) is 5.69 Å². The van der Waals surface area contributed by atoms with Crippen LogP contribution in [0.15, 0.2) is 24.3 Å². The maximum absolute atomic E-state index is 11.1. The van der Waals surface area contributed by atoms with Gasteiger partial charge in [-0.05, 0) is 26.0 Å². The fraction of sp³-hybridized carbons (Fsp3) is 0.333. The van der Waals surface area contributed by atoms with E-state index in [-0.39, 0.29) is 11.8 Å². The summed E-state index contributed by atoms with van der Waals surface area (Å²) in [5, 5.41) is 11.7. The molecule has 0 heterocycles. The first kappa shape index (κ1) is 11.3. The first-order valence-corrected chi connectivity index (χ1v) is 4.88. The second-order valence-corrected chi connectivity index (χ2v) is 3.54. The molecule has 0 aromatic heterocycles. The van der Waals surface area contributed by atoms with E-state index in [1.165, 1.54) is 6.92 Å². The molecule has 1 rings (SSSR count). The standard InChI is InChI=1S/C12H14N2O/c1-9(6-7-13)14-12-5-3-4-11(8-12)10(2)15/h3-5,8-9,14H,6H2,1-2H3. The van der Waals surface area contributed by atoms with Crippen LogP contribution in [0.25, 0.3) is 0 Å². The molecule has 0 amide bonds. The van der Waals surface area contributed by atoms with Crippen LogP contribution in [0.1, 0.15) is 30.6 Å². The zero-order valence-electron chi connectivity index (χ0n) is 8.95. The van der Waals surface area contributed by atoms with E-state index in [1.54, 1.807) is 12.1 Å². The molecule has 0 radical (unpaired) electrons. The summed E-state index contributed by atoms with van der Waals surface area (Å²) in [6, 6.07) is 9.49. The highest BCUT2D eigenvalue weighted by atomic mass is 16.1. The average Bonchev–Trinajstić information content (AvgIpc) is 2.18. The lowest BCUT2D eigenvalue weighted by Crippen LogP contribution is -2.14. The average molecular weight is 202 g/mol. The van der Waals surface area contributed by atoms with Gasteiger partial charge in [0.25, 0.3) is 0 Å². The fourth-order valence-electron chi connectivity index (χ4n) is 1.30. The third-order valence-corrected chi connectivity index (χ3v) is 2.08. The number of anilines is 1. The molecule has 1 unspecified atom stereocenters. The van der Waals surface area contributed by atoms with Gasteiger partial charge in [0, 0.05) is 17.3 Å². The summed E-state index contributed by atoms with van der Waals surface area (Å²) in [7, 11) is 0. The van der Waals surface area contributed by atoms with Crippen LogP contribution < -0.4 is 5.32 Å². The van der Waals surface area contributed by atoms with Gasteiger partial charge in [0.15, 0.2) is 5.78 Å². The number of carbonyl (C=O) groups excluding carboxylic acids is 1. The molecule has 0 bridgehead atoms. The minimum Gasteiger partial charge on any atom is -0.382 e. The summed E-state index contributed by atoms with van der Waals surface area (Å²) in [6.07, 6.45) is 0.449. The molecule has 0 fully saturated rings. The molecule has 1 aromatic carbocycles. The molecular formula is C12H14N2O. The Morgan fingerprint density at radius 3 is 2.93 bits per heavy atom. The van der Waals surface area contributed by atoms with Crippen LogP contribution in [-0.4, -0.2) is 11.8 Å². The summed E-state index contributed by atoms with van der Waals surface area (Å²) in [6.45, 7) is 3.47. The number of Topliss-reactive ketones (excluding diaryl/α,β-unsaturated/α-hetero) is 1. The predicted molar refractivity (Wildman–Crippen MR) is 59.8 cm³/mol. The second-order valence-electron chi connectivity index (χ2n) is 3.54. The van der Waals surface area contributed by atoms with Crippen LogP contribution in [-0.2, 0) is 0 Å². The molecule has 0 saturated heterocycles.